The second-order valence-electron chi connectivity index (χ2n) is 5.48. The van der Waals surface area contributed by atoms with E-state index in [2.05, 4.69) is 11.9 Å². The van der Waals surface area contributed by atoms with E-state index in [4.69, 9.17) is 14.2 Å². The topological polar surface area (TPSA) is 56.8 Å². The Kier molecular flexibility index (Phi) is 4.63. The molecule has 0 aromatic heterocycles. The molecule has 1 unspecified atom stereocenters. The third-order valence-electron chi connectivity index (χ3n) is 3.85. The largest absolute Gasteiger partial charge is 0.487 e. The minimum absolute atomic E-state index is 0.00187. The maximum Gasteiger partial charge on any atom is 0.224 e. The molecule has 0 radical (unpaired) electrons. The van der Waals surface area contributed by atoms with Gasteiger partial charge in [0.2, 0.25) is 5.91 Å². The standard InChI is InChI=1S/C17H21NO4/c1-2-10-20-14-8-7-13(22-16-5-3-4-11-21-16)12-6-9-15(19)18-17(12)14/h2,7-8,16H,1,3-6,9-11H2,(H,18,19). The van der Waals surface area contributed by atoms with Crippen LogP contribution in [0.2, 0.25) is 0 Å². The van der Waals surface area contributed by atoms with Gasteiger partial charge < -0.3 is 19.5 Å². The number of hydrogen-bond donors (Lipinski definition) is 1. The lowest BCUT2D eigenvalue weighted by Crippen LogP contribution is -2.27. The Morgan fingerprint density at radius 3 is 2.95 bits per heavy atom. The first kappa shape index (κ1) is 14.9. The molecule has 0 aliphatic carbocycles. The Labute approximate surface area is 130 Å². The molecule has 1 N–H and O–H groups in total. The van der Waals surface area contributed by atoms with Crippen LogP contribution < -0.4 is 14.8 Å². The molecule has 22 heavy (non-hydrogen) atoms. The van der Waals surface area contributed by atoms with Crippen LogP contribution in [0.15, 0.2) is 24.8 Å². The summed E-state index contributed by atoms with van der Waals surface area (Å²) in [7, 11) is 0. The number of rotatable bonds is 5. The average molecular weight is 303 g/mol. The predicted molar refractivity (Wildman–Crippen MR) is 83.3 cm³/mol. The van der Waals surface area contributed by atoms with E-state index >= 15 is 0 Å². The van der Waals surface area contributed by atoms with Crippen LogP contribution in [0.4, 0.5) is 5.69 Å². The van der Waals surface area contributed by atoms with Gasteiger partial charge in [-0.15, -0.1) is 0 Å². The zero-order valence-corrected chi connectivity index (χ0v) is 12.6. The minimum Gasteiger partial charge on any atom is -0.487 e. The summed E-state index contributed by atoms with van der Waals surface area (Å²) >= 11 is 0. The number of ether oxygens (including phenoxy) is 3. The van der Waals surface area contributed by atoms with Crippen molar-refractivity contribution in [3.8, 4) is 11.5 Å². The third kappa shape index (κ3) is 3.25. The lowest BCUT2D eigenvalue weighted by Gasteiger charge is -2.27. The van der Waals surface area contributed by atoms with Crippen molar-refractivity contribution in [2.45, 2.75) is 38.4 Å². The smallest absolute Gasteiger partial charge is 0.224 e. The highest BCUT2D eigenvalue weighted by molar-refractivity contribution is 5.96. The van der Waals surface area contributed by atoms with Crippen molar-refractivity contribution in [1.29, 1.82) is 0 Å². The zero-order valence-electron chi connectivity index (χ0n) is 12.6. The molecule has 5 nitrogen and oxygen atoms in total. The fraction of sp³-hybridized carbons (Fsp3) is 0.471. The van der Waals surface area contributed by atoms with E-state index < -0.39 is 0 Å². The molecule has 1 aromatic carbocycles. The van der Waals surface area contributed by atoms with E-state index in [1.165, 1.54) is 0 Å². The van der Waals surface area contributed by atoms with Gasteiger partial charge in [0.05, 0.1) is 12.3 Å². The number of amides is 1. The average Bonchev–Trinajstić information content (AvgIpc) is 2.55. The summed E-state index contributed by atoms with van der Waals surface area (Å²) in [6, 6.07) is 3.72. The lowest BCUT2D eigenvalue weighted by atomic mass is 10.0. The highest BCUT2D eigenvalue weighted by Crippen LogP contribution is 2.39. The van der Waals surface area contributed by atoms with Gasteiger partial charge in [0.1, 0.15) is 18.1 Å². The Morgan fingerprint density at radius 2 is 2.18 bits per heavy atom. The Bertz CT molecular complexity index is 564. The molecule has 118 valence electrons. The molecule has 2 aliphatic rings. The second-order valence-corrected chi connectivity index (χ2v) is 5.48. The van der Waals surface area contributed by atoms with Crippen LogP contribution in [-0.4, -0.2) is 25.4 Å². The highest BCUT2D eigenvalue weighted by atomic mass is 16.7. The molecule has 1 atom stereocenters. The molecule has 2 heterocycles. The molecule has 1 aromatic rings. The third-order valence-corrected chi connectivity index (χ3v) is 3.85. The van der Waals surface area contributed by atoms with E-state index in [1.54, 1.807) is 6.08 Å². The molecular weight excluding hydrogens is 282 g/mol. The number of anilines is 1. The van der Waals surface area contributed by atoms with E-state index in [0.717, 1.165) is 37.2 Å². The van der Waals surface area contributed by atoms with Crippen molar-refractivity contribution in [1.82, 2.24) is 0 Å². The van der Waals surface area contributed by atoms with Crippen LogP contribution in [-0.2, 0) is 16.0 Å². The van der Waals surface area contributed by atoms with Crippen molar-refractivity contribution in [3.63, 3.8) is 0 Å². The van der Waals surface area contributed by atoms with Gasteiger partial charge in [-0.2, -0.15) is 0 Å². The quantitative estimate of drug-likeness (QED) is 0.849. The van der Waals surface area contributed by atoms with Crippen molar-refractivity contribution < 1.29 is 19.0 Å². The predicted octanol–water partition coefficient (Wildman–Crippen LogP) is 3.04. The van der Waals surface area contributed by atoms with Crippen molar-refractivity contribution in [2.75, 3.05) is 18.5 Å². The van der Waals surface area contributed by atoms with E-state index in [0.29, 0.717) is 30.9 Å². The van der Waals surface area contributed by atoms with Gasteiger partial charge in [0, 0.05) is 18.4 Å². The van der Waals surface area contributed by atoms with E-state index in [1.807, 2.05) is 12.1 Å². The SMILES string of the molecule is C=CCOc1ccc(OC2CCCCO2)c2c1NC(=O)CC2. The summed E-state index contributed by atoms with van der Waals surface area (Å²) in [5.41, 5.74) is 1.70. The van der Waals surface area contributed by atoms with Crippen LogP contribution >= 0.6 is 0 Å². The Morgan fingerprint density at radius 1 is 1.32 bits per heavy atom. The molecule has 2 aliphatic heterocycles. The summed E-state index contributed by atoms with van der Waals surface area (Å²) in [4.78, 5) is 11.7. The van der Waals surface area contributed by atoms with E-state index in [9.17, 15) is 4.79 Å². The number of benzene rings is 1. The van der Waals surface area contributed by atoms with Crippen molar-refractivity contribution >= 4 is 11.6 Å². The number of carbonyl (C=O) groups is 1. The molecule has 1 fully saturated rings. The summed E-state index contributed by atoms with van der Waals surface area (Å²) in [5, 5.41) is 2.90. The van der Waals surface area contributed by atoms with Gasteiger partial charge in [-0.3, -0.25) is 4.79 Å². The van der Waals surface area contributed by atoms with Crippen LogP contribution in [0, 0.1) is 0 Å². The Hall–Kier alpha value is -2.01. The van der Waals surface area contributed by atoms with Crippen molar-refractivity contribution in [3.05, 3.63) is 30.4 Å². The molecule has 0 spiro atoms. The number of fused-ring (bicyclic) bond motifs is 1. The molecular formula is C17H21NO4. The number of carbonyl (C=O) groups excluding carboxylic acids is 1. The highest BCUT2D eigenvalue weighted by Gasteiger charge is 2.25. The van der Waals surface area contributed by atoms with Gasteiger partial charge in [-0.05, 0) is 31.4 Å². The fourth-order valence-corrected chi connectivity index (χ4v) is 2.76. The fourth-order valence-electron chi connectivity index (χ4n) is 2.76. The molecule has 3 rings (SSSR count). The van der Waals surface area contributed by atoms with Gasteiger partial charge >= 0.3 is 0 Å². The number of nitrogens with one attached hydrogen (secondary N) is 1. The first-order valence-electron chi connectivity index (χ1n) is 7.75. The number of hydrogen-bond acceptors (Lipinski definition) is 4. The normalized spacial score (nSPS) is 20.7. The van der Waals surface area contributed by atoms with Gasteiger partial charge in [-0.25, -0.2) is 0 Å². The van der Waals surface area contributed by atoms with Gasteiger partial charge in [0.25, 0.3) is 0 Å². The molecule has 5 heteroatoms. The minimum atomic E-state index is -0.199. The molecule has 1 amide bonds. The Balaban J connectivity index is 1.85. The second kappa shape index (κ2) is 6.83. The lowest BCUT2D eigenvalue weighted by molar-refractivity contribution is -0.116. The molecule has 1 saturated heterocycles. The van der Waals surface area contributed by atoms with Crippen LogP contribution in [0.5, 0.6) is 11.5 Å². The molecule has 0 saturated carbocycles. The first-order valence-corrected chi connectivity index (χ1v) is 7.75. The summed E-state index contributed by atoms with van der Waals surface area (Å²) in [6.07, 6.45) is 5.68. The van der Waals surface area contributed by atoms with Crippen LogP contribution in [0.3, 0.4) is 0 Å². The monoisotopic (exact) mass is 303 g/mol. The summed E-state index contributed by atoms with van der Waals surface area (Å²) in [6.45, 7) is 4.78. The maximum atomic E-state index is 11.7. The summed E-state index contributed by atoms with van der Waals surface area (Å²) in [5.74, 6) is 1.43. The molecule has 0 bridgehead atoms. The van der Waals surface area contributed by atoms with Crippen molar-refractivity contribution in [2.24, 2.45) is 0 Å². The summed E-state index contributed by atoms with van der Waals surface area (Å²) < 4.78 is 17.3. The maximum absolute atomic E-state index is 11.7. The van der Waals surface area contributed by atoms with Crippen LogP contribution in [0.1, 0.15) is 31.2 Å². The van der Waals surface area contributed by atoms with Crippen LogP contribution in [0.25, 0.3) is 0 Å². The first-order chi connectivity index (χ1) is 10.8. The van der Waals surface area contributed by atoms with Gasteiger partial charge in [0.15, 0.2) is 6.29 Å². The van der Waals surface area contributed by atoms with E-state index in [-0.39, 0.29) is 12.2 Å². The van der Waals surface area contributed by atoms with Gasteiger partial charge in [-0.1, -0.05) is 12.7 Å². The zero-order chi connectivity index (χ0) is 15.4.